The van der Waals surface area contributed by atoms with Crippen molar-refractivity contribution in [1.82, 2.24) is 0 Å². The quantitative estimate of drug-likeness (QED) is 0.371. The Morgan fingerprint density at radius 2 is 1.62 bits per heavy atom. The molecule has 0 bridgehead atoms. The van der Waals surface area contributed by atoms with E-state index in [1.165, 1.54) is 5.56 Å². The van der Waals surface area contributed by atoms with Crippen molar-refractivity contribution in [2.45, 2.75) is 52.8 Å². The summed E-state index contributed by atoms with van der Waals surface area (Å²) in [4.78, 5) is 0. The fourth-order valence-corrected chi connectivity index (χ4v) is 3.22. The van der Waals surface area contributed by atoms with Gasteiger partial charge in [0.25, 0.3) is 0 Å². The van der Waals surface area contributed by atoms with Gasteiger partial charge in [-0.05, 0) is 50.4 Å². The first-order valence-corrected chi connectivity index (χ1v) is 15.5. The molecule has 2 rings (SSSR count). The van der Waals surface area contributed by atoms with Crippen LogP contribution in [0.4, 0.5) is 0 Å². The molecule has 3 nitrogen and oxygen atoms in total. The molecule has 0 N–H and O–H groups in total. The van der Waals surface area contributed by atoms with E-state index in [9.17, 15) is 5.11 Å². The topological polar surface area (TPSA) is 41.5 Å². The molecule has 6 heteroatoms. The third-order valence-electron chi connectivity index (χ3n) is 3.35. The molecule has 0 saturated carbocycles. The molecule has 0 saturated heterocycles. The summed E-state index contributed by atoms with van der Waals surface area (Å²) in [5.41, 5.74) is 3.09. The van der Waals surface area contributed by atoms with Gasteiger partial charge in [0.15, 0.2) is 16.6 Å². The van der Waals surface area contributed by atoms with Crippen LogP contribution in [-0.2, 0) is 32.5 Å². The molecule has 0 aliphatic heterocycles. The fourth-order valence-electron chi connectivity index (χ4n) is 2.03. The summed E-state index contributed by atoms with van der Waals surface area (Å²) in [6.45, 7) is 16.0. The third kappa shape index (κ3) is 11.1. The molecule has 0 amide bonds. The van der Waals surface area contributed by atoms with Crippen LogP contribution in [0, 0.1) is 0 Å². The second-order valence-corrected chi connectivity index (χ2v) is 17.1. The minimum atomic E-state index is -1.48. The number of allylic oxidation sites excluding steroid dienone is 4. The molecular formula is C20H32FeO3Si2. The molecule has 0 unspecified atom stereocenters. The van der Waals surface area contributed by atoms with Crippen molar-refractivity contribution < 1.29 is 31.0 Å². The van der Waals surface area contributed by atoms with Crippen LogP contribution in [-0.4, -0.2) is 23.2 Å². The largest absolute Gasteiger partial charge is 2.00 e. The van der Waals surface area contributed by atoms with Crippen molar-refractivity contribution in [3.8, 4) is 0 Å². The monoisotopic (exact) mass is 432 g/mol. The van der Waals surface area contributed by atoms with Gasteiger partial charge in [-0.1, -0.05) is 25.2 Å². The summed E-state index contributed by atoms with van der Waals surface area (Å²) < 4.78 is 11.5. The van der Waals surface area contributed by atoms with Crippen LogP contribution in [0.5, 0.6) is 0 Å². The average molecular weight is 432 g/mol. The first kappa shape index (κ1) is 25.2. The van der Waals surface area contributed by atoms with Gasteiger partial charge < -0.3 is 14.0 Å². The van der Waals surface area contributed by atoms with Crippen molar-refractivity contribution in [3.05, 3.63) is 65.0 Å². The van der Waals surface area contributed by atoms with Crippen LogP contribution in [0.3, 0.4) is 0 Å². The van der Waals surface area contributed by atoms with Gasteiger partial charge in [-0.3, -0.25) is 0 Å². The second-order valence-electron chi connectivity index (χ2n) is 8.12. The molecule has 0 heterocycles. The number of rotatable bonds is 6. The van der Waals surface area contributed by atoms with Crippen molar-refractivity contribution in [1.29, 1.82) is 0 Å². The van der Waals surface area contributed by atoms with Gasteiger partial charge in [-0.25, -0.2) is 12.1 Å². The Morgan fingerprint density at radius 3 is 2.08 bits per heavy atom. The SMILES string of the molecule is CC([O-])=C1C=CC=C1CO[Si](C)(C)C.C[Si](C)(C)OCc1ccc[cH-]1.[Fe+2]. The summed E-state index contributed by atoms with van der Waals surface area (Å²) >= 11 is 0. The van der Waals surface area contributed by atoms with Crippen molar-refractivity contribution in [2.24, 2.45) is 0 Å². The van der Waals surface area contributed by atoms with E-state index in [1.54, 1.807) is 6.92 Å². The van der Waals surface area contributed by atoms with Crippen LogP contribution < -0.4 is 5.11 Å². The molecule has 146 valence electrons. The van der Waals surface area contributed by atoms with Gasteiger partial charge >= 0.3 is 17.1 Å². The summed E-state index contributed by atoms with van der Waals surface area (Å²) in [5.74, 6) is 0.115. The van der Waals surface area contributed by atoms with Gasteiger partial charge in [0.05, 0.1) is 6.61 Å². The molecule has 1 aromatic rings. The van der Waals surface area contributed by atoms with Gasteiger partial charge in [0.2, 0.25) is 0 Å². The van der Waals surface area contributed by atoms with Crippen molar-refractivity contribution in [2.75, 3.05) is 6.61 Å². The number of hydrogen-bond donors (Lipinski definition) is 0. The zero-order chi connectivity index (χ0) is 19.1. The van der Waals surface area contributed by atoms with E-state index in [1.807, 2.05) is 30.4 Å². The maximum absolute atomic E-state index is 11.2. The first-order valence-electron chi connectivity index (χ1n) is 8.72. The second kappa shape index (κ2) is 11.2. The molecular weight excluding hydrogens is 400 g/mol. The minimum absolute atomic E-state index is 0. The van der Waals surface area contributed by atoms with Gasteiger partial charge in [-0.15, -0.1) is 11.3 Å². The summed E-state index contributed by atoms with van der Waals surface area (Å²) in [6, 6.07) is 8.28. The van der Waals surface area contributed by atoms with Crippen LogP contribution in [0.1, 0.15) is 12.5 Å². The zero-order valence-corrected chi connectivity index (χ0v) is 20.1. The van der Waals surface area contributed by atoms with Crippen molar-refractivity contribution in [3.63, 3.8) is 0 Å². The normalized spacial score (nSPS) is 15.7. The molecule has 0 atom stereocenters. The average Bonchev–Trinajstić information content (AvgIpc) is 3.13. The predicted molar refractivity (Wildman–Crippen MR) is 109 cm³/mol. The Hall–Kier alpha value is -0.757. The Bertz CT molecular complexity index is 614. The van der Waals surface area contributed by atoms with Crippen molar-refractivity contribution >= 4 is 16.6 Å². The van der Waals surface area contributed by atoms with Crippen LogP contribution in [0.15, 0.2) is 59.4 Å². The predicted octanol–water partition coefficient (Wildman–Crippen LogP) is 4.72. The molecule has 0 radical (unpaired) electrons. The molecule has 0 spiro atoms. The summed E-state index contributed by atoms with van der Waals surface area (Å²) in [5, 5.41) is 11.2. The van der Waals surface area contributed by atoms with Crippen LogP contribution in [0.25, 0.3) is 0 Å². The van der Waals surface area contributed by atoms with E-state index in [0.29, 0.717) is 6.61 Å². The fraction of sp³-hybridized carbons (Fsp3) is 0.450. The van der Waals surface area contributed by atoms with E-state index >= 15 is 0 Å². The van der Waals surface area contributed by atoms with Gasteiger partial charge in [0, 0.05) is 6.61 Å². The standard InChI is InChI=1S/C11H18O2Si.C9H15OSi.Fe/c1-9(12)11-7-5-6-10(11)8-13-14(2,3)4;1-11(2,3)10-8-9-6-4-5-7-9;/h5-7,12H,8H2,1-4H3;4-7H,8H2,1-3H3;/q;-1;+2/p-1. The van der Waals surface area contributed by atoms with E-state index in [0.717, 1.165) is 17.8 Å². The molecule has 1 aliphatic rings. The van der Waals surface area contributed by atoms with Gasteiger partial charge in [0.1, 0.15) is 0 Å². The Labute approximate surface area is 171 Å². The molecule has 0 fully saturated rings. The van der Waals surface area contributed by atoms with E-state index in [-0.39, 0.29) is 22.8 Å². The molecule has 1 aromatic carbocycles. The van der Waals surface area contributed by atoms with Crippen LogP contribution in [0.2, 0.25) is 39.3 Å². The molecule has 1 aliphatic carbocycles. The van der Waals surface area contributed by atoms with E-state index in [2.05, 4.69) is 51.4 Å². The smallest absolute Gasteiger partial charge is 0.875 e. The maximum atomic E-state index is 11.2. The Balaban J connectivity index is 0.000000475. The maximum Gasteiger partial charge on any atom is 2.00 e. The number of hydrogen-bond acceptors (Lipinski definition) is 3. The Kier molecular flexibility index (Phi) is 10.8. The summed E-state index contributed by atoms with van der Waals surface area (Å²) in [6.07, 6.45) is 5.71. The van der Waals surface area contributed by atoms with E-state index < -0.39 is 16.6 Å². The Morgan fingerprint density at radius 1 is 1.04 bits per heavy atom. The first-order chi connectivity index (χ1) is 11.5. The van der Waals surface area contributed by atoms with Gasteiger partial charge in [-0.2, -0.15) is 12.1 Å². The van der Waals surface area contributed by atoms with Crippen LogP contribution >= 0.6 is 0 Å². The van der Waals surface area contributed by atoms with E-state index in [4.69, 9.17) is 8.85 Å². The summed E-state index contributed by atoms with van der Waals surface area (Å²) in [7, 11) is -2.80. The molecule has 26 heavy (non-hydrogen) atoms. The third-order valence-corrected chi connectivity index (χ3v) is 5.37. The minimum Gasteiger partial charge on any atom is -0.875 e. The zero-order valence-electron chi connectivity index (χ0n) is 17.0. The molecule has 0 aromatic heterocycles.